The largest absolute Gasteiger partial charge is 0.481 e. The van der Waals surface area contributed by atoms with Gasteiger partial charge >= 0.3 is 12.0 Å². The molecule has 0 aliphatic carbocycles. The summed E-state index contributed by atoms with van der Waals surface area (Å²) in [5.74, 6) is -0.861. The molecule has 116 valence electrons. The number of nitrogens with one attached hydrogen (secondary N) is 1. The third-order valence-corrected chi connectivity index (χ3v) is 3.31. The van der Waals surface area contributed by atoms with Crippen LogP contribution in [-0.4, -0.2) is 53.0 Å². The van der Waals surface area contributed by atoms with E-state index in [0.29, 0.717) is 25.3 Å². The molecular weight excluding hydrogens is 278 g/mol. The summed E-state index contributed by atoms with van der Waals surface area (Å²) in [6, 6.07) is 1.56. The van der Waals surface area contributed by atoms with E-state index in [1.807, 2.05) is 0 Å². The van der Waals surface area contributed by atoms with Gasteiger partial charge in [0, 0.05) is 19.2 Å². The Morgan fingerprint density at radius 3 is 2.86 bits per heavy atom. The standard InChI is InChI=1S/C13H19N3O5/c17-12(18)4-7-20-11-1-5-16(6-2-11)13(19)14-9-10-3-8-21-15-10/h3,8,11H,1-2,4-7,9H2,(H,14,19)(H,17,18). The maximum atomic E-state index is 11.9. The first-order chi connectivity index (χ1) is 10.1. The number of carbonyl (C=O) groups excluding carboxylic acids is 1. The van der Waals surface area contributed by atoms with Crippen molar-refractivity contribution < 1.29 is 24.0 Å². The summed E-state index contributed by atoms with van der Waals surface area (Å²) in [5, 5.41) is 15.0. The van der Waals surface area contributed by atoms with E-state index >= 15 is 0 Å². The van der Waals surface area contributed by atoms with E-state index in [1.54, 1.807) is 11.0 Å². The number of nitrogens with zero attached hydrogens (tertiary/aromatic N) is 2. The first-order valence-electron chi connectivity index (χ1n) is 6.90. The number of hydrogen-bond donors (Lipinski definition) is 2. The molecular formula is C13H19N3O5. The molecule has 2 N–H and O–H groups in total. The molecule has 1 saturated heterocycles. The van der Waals surface area contributed by atoms with Gasteiger partial charge in [-0.2, -0.15) is 0 Å². The minimum atomic E-state index is -0.861. The molecule has 1 aromatic rings. The molecule has 2 heterocycles. The Kier molecular flexibility index (Phi) is 5.56. The predicted octanol–water partition coefficient (Wildman–Crippen LogP) is 0.840. The molecule has 0 unspecified atom stereocenters. The van der Waals surface area contributed by atoms with Crippen LogP contribution < -0.4 is 5.32 Å². The Hall–Kier alpha value is -2.09. The second-order valence-corrected chi connectivity index (χ2v) is 4.85. The highest BCUT2D eigenvalue weighted by molar-refractivity contribution is 5.74. The van der Waals surface area contributed by atoms with Crippen LogP contribution in [0.3, 0.4) is 0 Å². The van der Waals surface area contributed by atoms with Crippen LogP contribution in [0.5, 0.6) is 0 Å². The van der Waals surface area contributed by atoms with Crippen molar-refractivity contribution in [1.82, 2.24) is 15.4 Å². The molecule has 0 aromatic carbocycles. The van der Waals surface area contributed by atoms with E-state index < -0.39 is 5.97 Å². The number of aromatic nitrogens is 1. The second-order valence-electron chi connectivity index (χ2n) is 4.85. The molecule has 1 aliphatic rings. The van der Waals surface area contributed by atoms with Crippen molar-refractivity contribution >= 4 is 12.0 Å². The molecule has 0 spiro atoms. The highest BCUT2D eigenvalue weighted by atomic mass is 16.5. The number of carboxylic acid groups (broad SMARTS) is 1. The van der Waals surface area contributed by atoms with Gasteiger partial charge in [0.25, 0.3) is 0 Å². The number of likely N-dealkylation sites (tertiary alicyclic amines) is 1. The van der Waals surface area contributed by atoms with Gasteiger partial charge in [0.1, 0.15) is 12.0 Å². The lowest BCUT2D eigenvalue weighted by Crippen LogP contribution is -2.45. The highest BCUT2D eigenvalue weighted by Gasteiger charge is 2.23. The fraction of sp³-hybridized carbons (Fsp3) is 0.615. The minimum absolute atomic E-state index is 0.0123. The van der Waals surface area contributed by atoms with Crippen LogP contribution in [0.15, 0.2) is 16.9 Å². The molecule has 0 atom stereocenters. The Morgan fingerprint density at radius 2 is 2.24 bits per heavy atom. The van der Waals surface area contributed by atoms with E-state index in [-0.39, 0.29) is 25.2 Å². The van der Waals surface area contributed by atoms with Crippen molar-refractivity contribution in [3.05, 3.63) is 18.0 Å². The smallest absolute Gasteiger partial charge is 0.317 e. The molecule has 0 saturated carbocycles. The number of carboxylic acids is 1. The quantitative estimate of drug-likeness (QED) is 0.806. The summed E-state index contributed by atoms with van der Waals surface area (Å²) in [4.78, 5) is 24.1. The molecule has 21 heavy (non-hydrogen) atoms. The second kappa shape index (κ2) is 7.63. The van der Waals surface area contributed by atoms with Gasteiger partial charge in [0.2, 0.25) is 0 Å². The van der Waals surface area contributed by atoms with Crippen molar-refractivity contribution in [2.75, 3.05) is 19.7 Å². The normalized spacial score (nSPS) is 15.9. The predicted molar refractivity (Wildman–Crippen MR) is 71.5 cm³/mol. The van der Waals surface area contributed by atoms with E-state index in [0.717, 1.165) is 12.8 Å². The fourth-order valence-electron chi connectivity index (χ4n) is 2.15. The van der Waals surface area contributed by atoms with Gasteiger partial charge in [0.05, 0.1) is 25.7 Å². The molecule has 1 fully saturated rings. The van der Waals surface area contributed by atoms with E-state index in [9.17, 15) is 9.59 Å². The minimum Gasteiger partial charge on any atom is -0.481 e. The van der Waals surface area contributed by atoms with E-state index in [2.05, 4.69) is 15.0 Å². The van der Waals surface area contributed by atoms with Gasteiger partial charge in [-0.3, -0.25) is 4.79 Å². The van der Waals surface area contributed by atoms with E-state index in [4.69, 9.17) is 9.84 Å². The fourth-order valence-corrected chi connectivity index (χ4v) is 2.15. The van der Waals surface area contributed by atoms with Crippen molar-refractivity contribution in [2.45, 2.75) is 31.9 Å². The number of carbonyl (C=O) groups is 2. The first kappa shape index (κ1) is 15.3. The molecule has 1 aromatic heterocycles. The van der Waals surface area contributed by atoms with Crippen molar-refractivity contribution in [2.24, 2.45) is 0 Å². The Bertz CT molecular complexity index is 454. The van der Waals surface area contributed by atoms with Gasteiger partial charge in [-0.1, -0.05) is 5.16 Å². The van der Waals surface area contributed by atoms with Crippen molar-refractivity contribution in [3.63, 3.8) is 0 Å². The van der Waals surface area contributed by atoms with Gasteiger partial charge in [0.15, 0.2) is 0 Å². The number of rotatable bonds is 6. The van der Waals surface area contributed by atoms with Gasteiger partial charge < -0.3 is 24.6 Å². The van der Waals surface area contributed by atoms with Crippen LogP contribution in [0.1, 0.15) is 25.0 Å². The number of hydrogen-bond acceptors (Lipinski definition) is 5. The molecule has 1 aliphatic heterocycles. The maximum absolute atomic E-state index is 11.9. The lowest BCUT2D eigenvalue weighted by atomic mass is 10.1. The van der Waals surface area contributed by atoms with Gasteiger partial charge in [-0.25, -0.2) is 4.79 Å². The highest BCUT2D eigenvalue weighted by Crippen LogP contribution is 2.14. The summed E-state index contributed by atoms with van der Waals surface area (Å²) < 4.78 is 10.2. The number of ether oxygens (including phenoxy) is 1. The average molecular weight is 297 g/mol. The maximum Gasteiger partial charge on any atom is 0.317 e. The van der Waals surface area contributed by atoms with Crippen LogP contribution in [-0.2, 0) is 16.1 Å². The summed E-state index contributed by atoms with van der Waals surface area (Å²) in [5.41, 5.74) is 0.676. The van der Waals surface area contributed by atoms with E-state index in [1.165, 1.54) is 6.26 Å². The zero-order valence-corrected chi connectivity index (χ0v) is 11.7. The lowest BCUT2D eigenvalue weighted by molar-refractivity contribution is -0.138. The van der Waals surface area contributed by atoms with Crippen LogP contribution in [0.2, 0.25) is 0 Å². The number of piperidine rings is 1. The average Bonchev–Trinajstić information content (AvgIpc) is 2.98. The molecule has 2 rings (SSSR count). The lowest BCUT2D eigenvalue weighted by Gasteiger charge is -2.31. The Morgan fingerprint density at radius 1 is 1.48 bits per heavy atom. The summed E-state index contributed by atoms with van der Waals surface area (Å²) in [6.07, 6.45) is 2.94. The zero-order valence-electron chi connectivity index (χ0n) is 11.7. The first-order valence-corrected chi connectivity index (χ1v) is 6.90. The van der Waals surface area contributed by atoms with Crippen molar-refractivity contribution in [1.29, 1.82) is 0 Å². The van der Waals surface area contributed by atoms with Crippen LogP contribution in [0, 0.1) is 0 Å². The Labute approximate surface area is 122 Å². The monoisotopic (exact) mass is 297 g/mol. The molecule has 8 nitrogen and oxygen atoms in total. The Balaban J connectivity index is 1.63. The van der Waals surface area contributed by atoms with Crippen LogP contribution >= 0.6 is 0 Å². The zero-order chi connectivity index (χ0) is 15.1. The molecule has 0 radical (unpaired) electrons. The van der Waals surface area contributed by atoms with Gasteiger partial charge in [-0.05, 0) is 12.8 Å². The van der Waals surface area contributed by atoms with Gasteiger partial charge in [-0.15, -0.1) is 0 Å². The van der Waals surface area contributed by atoms with Crippen LogP contribution in [0.4, 0.5) is 4.79 Å². The summed E-state index contributed by atoms with van der Waals surface area (Å²) in [7, 11) is 0. The van der Waals surface area contributed by atoms with Crippen molar-refractivity contribution in [3.8, 4) is 0 Å². The third-order valence-electron chi connectivity index (χ3n) is 3.31. The third kappa shape index (κ3) is 5.07. The van der Waals surface area contributed by atoms with Crippen LogP contribution in [0.25, 0.3) is 0 Å². The number of aliphatic carboxylic acids is 1. The number of urea groups is 1. The molecule has 0 bridgehead atoms. The summed E-state index contributed by atoms with van der Waals surface area (Å²) in [6.45, 7) is 1.76. The summed E-state index contributed by atoms with van der Waals surface area (Å²) >= 11 is 0. The SMILES string of the molecule is O=C(O)CCOC1CCN(C(=O)NCc2ccon2)CC1. The molecule has 8 heteroatoms. The number of amides is 2. The molecule has 2 amide bonds. The topological polar surface area (TPSA) is 105 Å².